The SMILES string of the molecule is O=C(Nc1nc(-c2cccc(O)c2O)cs1)C1CCC(CO)CC1. The van der Waals surface area contributed by atoms with Crippen molar-refractivity contribution in [3.05, 3.63) is 23.6 Å². The summed E-state index contributed by atoms with van der Waals surface area (Å²) >= 11 is 1.28. The Morgan fingerprint density at radius 1 is 1.25 bits per heavy atom. The van der Waals surface area contributed by atoms with Gasteiger partial charge in [-0.25, -0.2) is 4.98 Å². The highest BCUT2D eigenvalue weighted by atomic mass is 32.1. The summed E-state index contributed by atoms with van der Waals surface area (Å²) in [6.45, 7) is 0.192. The number of nitrogens with zero attached hydrogens (tertiary/aromatic N) is 1. The number of aromatic nitrogens is 1. The number of phenolic OH excluding ortho intramolecular Hbond substituents is 2. The van der Waals surface area contributed by atoms with Crippen molar-refractivity contribution in [3.63, 3.8) is 0 Å². The summed E-state index contributed by atoms with van der Waals surface area (Å²) in [6.07, 6.45) is 3.30. The van der Waals surface area contributed by atoms with Gasteiger partial charge in [0.2, 0.25) is 5.91 Å². The number of aliphatic hydroxyl groups excluding tert-OH is 1. The molecule has 0 bridgehead atoms. The fourth-order valence-electron chi connectivity index (χ4n) is 3.01. The third-order valence-electron chi connectivity index (χ3n) is 4.50. The van der Waals surface area contributed by atoms with Crippen LogP contribution in [0.3, 0.4) is 0 Å². The first-order valence-corrected chi connectivity index (χ1v) is 8.85. The quantitative estimate of drug-likeness (QED) is 0.636. The van der Waals surface area contributed by atoms with Crippen LogP contribution in [0.5, 0.6) is 11.5 Å². The number of carbonyl (C=O) groups is 1. The van der Waals surface area contributed by atoms with Gasteiger partial charge in [-0.15, -0.1) is 11.3 Å². The normalized spacial score (nSPS) is 20.7. The minimum atomic E-state index is -0.219. The summed E-state index contributed by atoms with van der Waals surface area (Å²) in [6, 6.07) is 4.68. The first-order valence-electron chi connectivity index (χ1n) is 7.97. The summed E-state index contributed by atoms with van der Waals surface area (Å²) < 4.78 is 0. The van der Waals surface area contributed by atoms with Gasteiger partial charge < -0.3 is 20.6 Å². The van der Waals surface area contributed by atoms with Gasteiger partial charge in [0.05, 0.1) is 5.69 Å². The molecule has 3 rings (SSSR count). The molecule has 0 saturated heterocycles. The van der Waals surface area contributed by atoms with Gasteiger partial charge in [-0.1, -0.05) is 6.07 Å². The molecule has 6 nitrogen and oxygen atoms in total. The number of nitrogens with one attached hydrogen (secondary N) is 1. The molecular weight excluding hydrogens is 328 g/mol. The molecule has 1 fully saturated rings. The van der Waals surface area contributed by atoms with Crippen LogP contribution in [0.25, 0.3) is 11.3 Å². The highest BCUT2D eigenvalue weighted by Gasteiger charge is 2.26. The zero-order valence-electron chi connectivity index (χ0n) is 13.1. The molecule has 0 atom stereocenters. The third-order valence-corrected chi connectivity index (χ3v) is 5.26. The molecule has 1 heterocycles. The van der Waals surface area contributed by atoms with Crippen LogP contribution in [-0.4, -0.2) is 32.8 Å². The molecular formula is C17H20N2O4S. The van der Waals surface area contributed by atoms with Crippen molar-refractivity contribution < 1.29 is 20.1 Å². The number of benzene rings is 1. The molecule has 1 aromatic heterocycles. The molecule has 0 spiro atoms. The lowest BCUT2D eigenvalue weighted by molar-refractivity contribution is -0.121. The lowest BCUT2D eigenvalue weighted by Crippen LogP contribution is -2.28. The van der Waals surface area contributed by atoms with Gasteiger partial charge in [0.15, 0.2) is 16.6 Å². The van der Waals surface area contributed by atoms with E-state index < -0.39 is 0 Å². The highest BCUT2D eigenvalue weighted by Crippen LogP contribution is 2.37. The fourth-order valence-corrected chi connectivity index (χ4v) is 3.72. The van der Waals surface area contributed by atoms with Crippen molar-refractivity contribution >= 4 is 22.4 Å². The van der Waals surface area contributed by atoms with Crippen molar-refractivity contribution in [2.75, 3.05) is 11.9 Å². The Morgan fingerprint density at radius 2 is 2.00 bits per heavy atom. The molecule has 7 heteroatoms. The Hall–Kier alpha value is -2.12. The van der Waals surface area contributed by atoms with Gasteiger partial charge in [0, 0.05) is 23.5 Å². The van der Waals surface area contributed by atoms with E-state index in [2.05, 4.69) is 10.3 Å². The predicted octanol–water partition coefficient (Wildman–Crippen LogP) is 2.96. The molecule has 0 radical (unpaired) electrons. The molecule has 4 N–H and O–H groups in total. The smallest absolute Gasteiger partial charge is 0.229 e. The van der Waals surface area contributed by atoms with Gasteiger partial charge in [0.1, 0.15) is 0 Å². The van der Waals surface area contributed by atoms with Crippen molar-refractivity contribution in [1.29, 1.82) is 0 Å². The van der Waals surface area contributed by atoms with Crippen LogP contribution >= 0.6 is 11.3 Å². The van der Waals surface area contributed by atoms with Crippen molar-refractivity contribution in [3.8, 4) is 22.8 Å². The van der Waals surface area contributed by atoms with Gasteiger partial charge in [-0.2, -0.15) is 0 Å². The van der Waals surface area contributed by atoms with Gasteiger partial charge >= 0.3 is 0 Å². The number of hydrogen-bond acceptors (Lipinski definition) is 6. The zero-order valence-corrected chi connectivity index (χ0v) is 13.9. The summed E-state index contributed by atoms with van der Waals surface area (Å²) in [4.78, 5) is 16.7. The number of aromatic hydroxyl groups is 2. The van der Waals surface area contributed by atoms with Crippen LogP contribution in [0, 0.1) is 11.8 Å². The highest BCUT2D eigenvalue weighted by molar-refractivity contribution is 7.14. The molecule has 128 valence electrons. The Bertz CT molecular complexity index is 723. The van der Waals surface area contributed by atoms with E-state index in [9.17, 15) is 15.0 Å². The Labute approximate surface area is 143 Å². The van der Waals surface area contributed by atoms with E-state index in [1.807, 2.05) is 0 Å². The molecule has 0 aliphatic heterocycles. The predicted molar refractivity (Wildman–Crippen MR) is 92.0 cm³/mol. The second kappa shape index (κ2) is 7.19. The maximum absolute atomic E-state index is 12.3. The summed E-state index contributed by atoms with van der Waals surface area (Å²) in [5.41, 5.74) is 0.933. The maximum atomic E-state index is 12.3. The number of thiazole rings is 1. The van der Waals surface area contributed by atoms with Gasteiger partial charge in [-0.05, 0) is 43.7 Å². The van der Waals surface area contributed by atoms with Crippen LogP contribution in [0.1, 0.15) is 25.7 Å². The van der Waals surface area contributed by atoms with Crippen molar-refractivity contribution in [1.82, 2.24) is 4.98 Å². The first kappa shape index (κ1) is 16.7. The van der Waals surface area contributed by atoms with Gasteiger partial charge in [-0.3, -0.25) is 4.79 Å². The molecule has 1 saturated carbocycles. The zero-order chi connectivity index (χ0) is 17.1. The van der Waals surface area contributed by atoms with Crippen molar-refractivity contribution in [2.24, 2.45) is 11.8 Å². The average Bonchev–Trinajstić information content (AvgIpc) is 3.05. The van der Waals surface area contributed by atoms with E-state index in [0.29, 0.717) is 22.3 Å². The average molecular weight is 348 g/mol. The third kappa shape index (κ3) is 3.52. The molecule has 24 heavy (non-hydrogen) atoms. The second-order valence-corrected chi connectivity index (χ2v) is 6.96. The lowest BCUT2D eigenvalue weighted by Gasteiger charge is -2.25. The standard InChI is InChI=1S/C17H20N2O4S/c20-8-10-4-6-11(7-5-10)16(23)19-17-18-13(9-24-17)12-2-1-3-14(21)15(12)22/h1-3,9-11,20-22H,4-8H2,(H,18,19,23). The summed E-state index contributed by atoms with van der Waals surface area (Å²) in [7, 11) is 0. The van der Waals surface area contributed by atoms with E-state index in [-0.39, 0.29) is 29.9 Å². The van der Waals surface area contributed by atoms with Crippen LogP contribution in [0.4, 0.5) is 5.13 Å². The van der Waals surface area contributed by atoms with Crippen LogP contribution in [0.15, 0.2) is 23.6 Å². The molecule has 0 unspecified atom stereocenters. The molecule has 1 aliphatic rings. The Kier molecular flexibility index (Phi) is 5.01. The minimum Gasteiger partial charge on any atom is -0.504 e. The monoisotopic (exact) mass is 348 g/mol. The molecule has 1 amide bonds. The Balaban J connectivity index is 1.66. The number of anilines is 1. The number of para-hydroxylation sites is 1. The number of hydrogen-bond donors (Lipinski definition) is 4. The number of carbonyl (C=O) groups excluding carboxylic acids is 1. The van der Waals surface area contributed by atoms with Crippen LogP contribution < -0.4 is 5.32 Å². The maximum Gasteiger partial charge on any atom is 0.229 e. The van der Waals surface area contributed by atoms with Gasteiger partial charge in [0.25, 0.3) is 0 Å². The molecule has 1 aromatic carbocycles. The Morgan fingerprint density at radius 3 is 2.71 bits per heavy atom. The fraction of sp³-hybridized carbons (Fsp3) is 0.412. The number of aliphatic hydroxyl groups is 1. The largest absolute Gasteiger partial charge is 0.504 e. The number of phenols is 2. The molecule has 1 aliphatic carbocycles. The summed E-state index contributed by atoms with van der Waals surface area (Å²) in [5.74, 6) is -0.203. The minimum absolute atomic E-state index is 0.0469. The van der Waals surface area contributed by atoms with E-state index >= 15 is 0 Å². The van der Waals surface area contributed by atoms with E-state index in [4.69, 9.17) is 5.11 Å². The van der Waals surface area contributed by atoms with E-state index in [1.165, 1.54) is 17.4 Å². The second-order valence-electron chi connectivity index (χ2n) is 6.10. The number of rotatable bonds is 4. The first-order chi connectivity index (χ1) is 11.6. The van der Waals surface area contributed by atoms with Crippen LogP contribution in [0.2, 0.25) is 0 Å². The van der Waals surface area contributed by atoms with E-state index in [1.54, 1.807) is 17.5 Å². The van der Waals surface area contributed by atoms with E-state index in [0.717, 1.165) is 25.7 Å². The molecule has 2 aromatic rings. The lowest BCUT2D eigenvalue weighted by atomic mass is 9.82. The van der Waals surface area contributed by atoms with Crippen LogP contribution in [-0.2, 0) is 4.79 Å². The van der Waals surface area contributed by atoms with Crippen molar-refractivity contribution in [2.45, 2.75) is 25.7 Å². The summed E-state index contributed by atoms with van der Waals surface area (Å²) in [5, 5.41) is 33.7. The topological polar surface area (TPSA) is 103 Å². The number of amides is 1.